The van der Waals surface area contributed by atoms with E-state index in [1.807, 2.05) is 36.5 Å². The van der Waals surface area contributed by atoms with Crippen LogP contribution in [-0.2, 0) is 25.7 Å². The van der Waals surface area contributed by atoms with Gasteiger partial charge in [-0.3, -0.25) is 10.00 Å². The molecule has 1 aliphatic heterocycles. The monoisotopic (exact) mass is 435 g/mol. The SMILES string of the molecule is FC(F)(F)c1ccc(-c2[nH]ncc2CN2CCc3nc(-c4ccccc4)ncc3C2)cc1. The Balaban J connectivity index is 1.32. The van der Waals surface area contributed by atoms with Gasteiger partial charge in [-0.15, -0.1) is 0 Å². The summed E-state index contributed by atoms with van der Waals surface area (Å²) in [4.78, 5) is 11.6. The van der Waals surface area contributed by atoms with Gasteiger partial charge in [0.1, 0.15) is 0 Å². The predicted octanol–water partition coefficient (Wildman–Crippen LogP) is 5.11. The fraction of sp³-hybridized carbons (Fsp3) is 0.208. The van der Waals surface area contributed by atoms with Crippen molar-refractivity contribution in [2.24, 2.45) is 0 Å². The Bertz CT molecular complexity index is 1220. The molecular formula is C24H20F3N5. The highest BCUT2D eigenvalue weighted by Gasteiger charge is 2.30. The molecule has 32 heavy (non-hydrogen) atoms. The van der Waals surface area contributed by atoms with Gasteiger partial charge in [-0.05, 0) is 17.7 Å². The van der Waals surface area contributed by atoms with Crippen molar-refractivity contribution in [3.8, 4) is 22.6 Å². The minimum atomic E-state index is -4.35. The van der Waals surface area contributed by atoms with Crippen molar-refractivity contribution in [2.45, 2.75) is 25.7 Å². The summed E-state index contributed by atoms with van der Waals surface area (Å²) in [5.41, 5.74) is 4.84. The van der Waals surface area contributed by atoms with Gasteiger partial charge in [0.15, 0.2) is 5.82 Å². The van der Waals surface area contributed by atoms with Crippen molar-refractivity contribution < 1.29 is 13.2 Å². The van der Waals surface area contributed by atoms with E-state index in [1.165, 1.54) is 12.1 Å². The number of nitrogens with zero attached hydrogens (tertiary/aromatic N) is 4. The van der Waals surface area contributed by atoms with Gasteiger partial charge in [-0.25, -0.2) is 9.97 Å². The third-order valence-corrected chi connectivity index (χ3v) is 5.66. The maximum atomic E-state index is 12.9. The highest BCUT2D eigenvalue weighted by atomic mass is 19.4. The largest absolute Gasteiger partial charge is 0.416 e. The van der Waals surface area contributed by atoms with Crippen molar-refractivity contribution in [1.82, 2.24) is 25.1 Å². The van der Waals surface area contributed by atoms with Crippen LogP contribution in [0.4, 0.5) is 13.2 Å². The van der Waals surface area contributed by atoms with E-state index in [9.17, 15) is 13.2 Å². The molecule has 0 amide bonds. The Kier molecular flexibility index (Phi) is 5.22. The maximum absolute atomic E-state index is 12.9. The summed E-state index contributed by atoms with van der Waals surface area (Å²) in [6.07, 6.45) is 0.0879. The molecule has 0 saturated heterocycles. The number of alkyl halides is 3. The average Bonchev–Trinajstić information content (AvgIpc) is 3.27. The van der Waals surface area contributed by atoms with Crippen LogP contribution in [0.5, 0.6) is 0 Å². The quantitative estimate of drug-likeness (QED) is 0.484. The van der Waals surface area contributed by atoms with Gasteiger partial charge in [0.2, 0.25) is 0 Å². The second-order valence-corrected chi connectivity index (χ2v) is 7.84. The molecular weight excluding hydrogens is 415 g/mol. The highest BCUT2D eigenvalue weighted by molar-refractivity contribution is 5.63. The van der Waals surface area contributed by atoms with E-state index in [4.69, 9.17) is 4.98 Å². The molecule has 5 nitrogen and oxygen atoms in total. The average molecular weight is 435 g/mol. The molecule has 0 unspecified atom stereocenters. The first kappa shape index (κ1) is 20.4. The molecule has 2 aromatic heterocycles. The van der Waals surface area contributed by atoms with Crippen LogP contribution in [0.3, 0.4) is 0 Å². The number of hydrogen-bond donors (Lipinski definition) is 1. The number of fused-ring (bicyclic) bond motifs is 1. The first-order chi connectivity index (χ1) is 15.5. The van der Waals surface area contributed by atoms with Crippen molar-refractivity contribution in [1.29, 1.82) is 0 Å². The number of nitrogens with one attached hydrogen (secondary N) is 1. The van der Waals surface area contributed by atoms with E-state index < -0.39 is 11.7 Å². The summed E-state index contributed by atoms with van der Waals surface area (Å²) in [7, 11) is 0. The summed E-state index contributed by atoms with van der Waals surface area (Å²) in [6, 6.07) is 15.1. The number of rotatable bonds is 4. The molecule has 1 aliphatic rings. The minimum absolute atomic E-state index is 0.632. The molecule has 0 saturated carbocycles. The van der Waals surface area contributed by atoms with Crippen molar-refractivity contribution >= 4 is 0 Å². The van der Waals surface area contributed by atoms with Crippen LogP contribution in [0.15, 0.2) is 67.0 Å². The molecule has 3 heterocycles. The van der Waals surface area contributed by atoms with Crippen LogP contribution in [-0.4, -0.2) is 31.6 Å². The molecule has 0 bridgehead atoms. The number of H-pyrrole nitrogens is 1. The Morgan fingerprint density at radius 1 is 0.938 bits per heavy atom. The molecule has 8 heteroatoms. The lowest BCUT2D eigenvalue weighted by molar-refractivity contribution is -0.137. The van der Waals surface area contributed by atoms with Crippen LogP contribution in [0.1, 0.15) is 22.4 Å². The molecule has 162 valence electrons. The molecule has 2 aromatic carbocycles. The van der Waals surface area contributed by atoms with Crippen molar-refractivity contribution in [2.75, 3.05) is 6.54 Å². The van der Waals surface area contributed by atoms with Crippen LogP contribution >= 0.6 is 0 Å². The molecule has 0 spiro atoms. The summed E-state index contributed by atoms with van der Waals surface area (Å²) in [6.45, 7) is 2.17. The van der Waals surface area contributed by atoms with Gasteiger partial charge in [0.05, 0.1) is 23.1 Å². The minimum Gasteiger partial charge on any atom is -0.294 e. The number of halogens is 3. The fourth-order valence-electron chi connectivity index (χ4n) is 3.98. The van der Waals surface area contributed by atoms with Crippen LogP contribution in [0, 0.1) is 0 Å². The van der Waals surface area contributed by atoms with Gasteiger partial charge in [0.25, 0.3) is 0 Å². The summed E-state index contributed by atoms with van der Waals surface area (Å²) >= 11 is 0. The number of hydrogen-bond acceptors (Lipinski definition) is 4. The Morgan fingerprint density at radius 3 is 2.47 bits per heavy atom. The van der Waals surface area contributed by atoms with E-state index in [0.717, 1.165) is 59.0 Å². The van der Waals surface area contributed by atoms with E-state index in [1.54, 1.807) is 6.20 Å². The van der Waals surface area contributed by atoms with Gasteiger partial charge < -0.3 is 0 Å². The first-order valence-corrected chi connectivity index (χ1v) is 10.3. The summed E-state index contributed by atoms with van der Waals surface area (Å²) in [5, 5.41) is 7.06. The zero-order chi connectivity index (χ0) is 22.1. The maximum Gasteiger partial charge on any atom is 0.416 e. The number of aromatic amines is 1. The lowest BCUT2D eigenvalue weighted by Crippen LogP contribution is -2.31. The number of aromatic nitrogens is 4. The van der Waals surface area contributed by atoms with Gasteiger partial charge in [-0.1, -0.05) is 42.5 Å². The Hall–Kier alpha value is -3.52. The predicted molar refractivity (Wildman–Crippen MR) is 114 cm³/mol. The van der Waals surface area contributed by atoms with Crippen LogP contribution in [0.25, 0.3) is 22.6 Å². The summed E-state index contributed by atoms with van der Waals surface area (Å²) in [5.74, 6) is 0.734. The van der Waals surface area contributed by atoms with Crippen molar-refractivity contribution in [3.05, 3.63) is 89.4 Å². The molecule has 0 atom stereocenters. The lowest BCUT2D eigenvalue weighted by Gasteiger charge is -2.28. The normalized spacial score (nSPS) is 14.3. The molecule has 1 N–H and O–H groups in total. The number of benzene rings is 2. The second-order valence-electron chi connectivity index (χ2n) is 7.84. The second kappa shape index (κ2) is 8.20. The van der Waals surface area contributed by atoms with E-state index in [0.29, 0.717) is 18.7 Å². The Morgan fingerprint density at radius 2 is 1.72 bits per heavy atom. The molecule has 4 aromatic rings. The third kappa shape index (κ3) is 4.13. The standard InChI is InChI=1S/C24H20F3N5/c25-24(26,27)20-8-6-16(7-9-20)22-19(13-29-31-22)15-32-11-10-21-18(14-32)12-28-23(30-21)17-4-2-1-3-5-17/h1-9,12-13H,10-11,14-15H2,(H,29,31). The van der Waals surface area contributed by atoms with E-state index in [2.05, 4.69) is 20.1 Å². The Labute approximate surface area is 183 Å². The molecule has 5 rings (SSSR count). The first-order valence-electron chi connectivity index (χ1n) is 10.3. The molecule has 0 fully saturated rings. The third-order valence-electron chi connectivity index (χ3n) is 5.66. The van der Waals surface area contributed by atoms with Crippen molar-refractivity contribution in [3.63, 3.8) is 0 Å². The summed E-state index contributed by atoms with van der Waals surface area (Å²) < 4.78 is 38.6. The highest BCUT2D eigenvalue weighted by Crippen LogP contribution is 2.32. The van der Waals surface area contributed by atoms with Gasteiger partial charge in [0, 0.05) is 48.9 Å². The van der Waals surface area contributed by atoms with Crippen LogP contribution < -0.4 is 0 Å². The van der Waals surface area contributed by atoms with E-state index >= 15 is 0 Å². The van der Waals surface area contributed by atoms with Gasteiger partial charge >= 0.3 is 6.18 Å². The smallest absolute Gasteiger partial charge is 0.294 e. The molecule has 0 aliphatic carbocycles. The zero-order valence-electron chi connectivity index (χ0n) is 17.1. The lowest BCUT2D eigenvalue weighted by atomic mass is 10.0. The van der Waals surface area contributed by atoms with Gasteiger partial charge in [-0.2, -0.15) is 18.3 Å². The van der Waals surface area contributed by atoms with Crippen LogP contribution in [0.2, 0.25) is 0 Å². The molecule has 0 radical (unpaired) electrons. The topological polar surface area (TPSA) is 57.7 Å². The zero-order valence-corrected chi connectivity index (χ0v) is 17.1. The fourth-order valence-corrected chi connectivity index (χ4v) is 3.98. The van der Waals surface area contributed by atoms with E-state index in [-0.39, 0.29) is 0 Å².